The molecule has 1 aromatic heterocycles. The number of rotatable bonds is 5. The van der Waals surface area contributed by atoms with Gasteiger partial charge in [-0.25, -0.2) is 0 Å². The number of furan rings is 1. The summed E-state index contributed by atoms with van der Waals surface area (Å²) in [6.07, 6.45) is 2.59. The number of carbonyl (C=O) groups is 1. The van der Waals surface area contributed by atoms with Gasteiger partial charge in [0.2, 0.25) is 5.91 Å². The molecule has 110 valence electrons. The monoisotopic (exact) mass is 284 g/mol. The first-order chi connectivity index (χ1) is 10.1. The van der Waals surface area contributed by atoms with Crippen molar-refractivity contribution in [1.82, 2.24) is 4.90 Å². The number of nitrogen functional groups attached to an aromatic ring is 1. The molecule has 0 spiro atoms. The summed E-state index contributed by atoms with van der Waals surface area (Å²) in [6.45, 7) is 2.48. The molecule has 21 heavy (non-hydrogen) atoms. The van der Waals surface area contributed by atoms with Gasteiger partial charge in [-0.05, 0) is 49.6 Å². The van der Waals surface area contributed by atoms with Crippen molar-refractivity contribution in [2.75, 3.05) is 5.73 Å². The standard InChI is InChI=1S/C17H20N2O2/c1-12-2-9-16(21-12)11-19(15-7-8-15)17(20)10-13-3-5-14(18)6-4-13/h2-6,9,15H,7-8,10-11,18H2,1H3. The number of amides is 1. The fourth-order valence-electron chi connectivity index (χ4n) is 2.46. The van der Waals surface area contributed by atoms with Crippen LogP contribution < -0.4 is 5.73 Å². The summed E-state index contributed by atoms with van der Waals surface area (Å²) in [5.41, 5.74) is 7.39. The maximum atomic E-state index is 12.5. The first kappa shape index (κ1) is 13.7. The molecular weight excluding hydrogens is 264 g/mol. The highest BCUT2D eigenvalue weighted by Crippen LogP contribution is 2.29. The van der Waals surface area contributed by atoms with Crippen LogP contribution in [0, 0.1) is 6.92 Å². The van der Waals surface area contributed by atoms with Gasteiger partial charge in [0.25, 0.3) is 0 Å². The summed E-state index contributed by atoms with van der Waals surface area (Å²) in [6, 6.07) is 11.7. The van der Waals surface area contributed by atoms with E-state index in [1.807, 2.05) is 48.2 Å². The molecule has 4 nitrogen and oxygen atoms in total. The van der Waals surface area contributed by atoms with Gasteiger partial charge < -0.3 is 15.1 Å². The maximum absolute atomic E-state index is 12.5. The number of hydrogen-bond donors (Lipinski definition) is 1. The Morgan fingerprint density at radius 1 is 1.24 bits per heavy atom. The molecule has 0 unspecified atom stereocenters. The van der Waals surface area contributed by atoms with Gasteiger partial charge in [-0.1, -0.05) is 12.1 Å². The number of hydrogen-bond acceptors (Lipinski definition) is 3. The van der Waals surface area contributed by atoms with Crippen LogP contribution in [-0.4, -0.2) is 16.8 Å². The molecular formula is C17H20N2O2. The Labute approximate surface area is 124 Å². The van der Waals surface area contributed by atoms with Crippen LogP contribution in [0.2, 0.25) is 0 Å². The Kier molecular flexibility index (Phi) is 3.69. The second-order valence-electron chi connectivity index (χ2n) is 5.68. The topological polar surface area (TPSA) is 59.5 Å². The predicted molar refractivity (Wildman–Crippen MR) is 81.6 cm³/mol. The van der Waals surface area contributed by atoms with Crippen LogP contribution in [0.15, 0.2) is 40.8 Å². The molecule has 1 aromatic carbocycles. The zero-order valence-corrected chi connectivity index (χ0v) is 12.2. The molecule has 1 aliphatic carbocycles. The van der Waals surface area contributed by atoms with Crippen molar-refractivity contribution in [2.45, 2.75) is 38.8 Å². The van der Waals surface area contributed by atoms with Crippen molar-refractivity contribution >= 4 is 11.6 Å². The third-order valence-electron chi connectivity index (χ3n) is 3.77. The first-order valence-electron chi connectivity index (χ1n) is 7.31. The Hall–Kier alpha value is -2.23. The minimum Gasteiger partial charge on any atom is -0.464 e. The molecule has 1 heterocycles. The molecule has 0 aliphatic heterocycles. The lowest BCUT2D eigenvalue weighted by atomic mass is 10.1. The number of anilines is 1. The summed E-state index contributed by atoms with van der Waals surface area (Å²) in [7, 11) is 0. The highest BCUT2D eigenvalue weighted by atomic mass is 16.3. The summed E-state index contributed by atoms with van der Waals surface area (Å²) in [5.74, 6) is 1.88. The number of nitrogens with two attached hydrogens (primary N) is 1. The van der Waals surface area contributed by atoms with Crippen LogP contribution in [0.25, 0.3) is 0 Å². The molecule has 2 aromatic rings. The van der Waals surface area contributed by atoms with Crippen molar-refractivity contribution in [1.29, 1.82) is 0 Å². The molecule has 1 aliphatic rings. The summed E-state index contributed by atoms with van der Waals surface area (Å²) >= 11 is 0. The van der Waals surface area contributed by atoms with Crippen molar-refractivity contribution in [3.63, 3.8) is 0 Å². The number of aryl methyl sites for hydroxylation is 1. The quantitative estimate of drug-likeness (QED) is 0.859. The Morgan fingerprint density at radius 3 is 2.52 bits per heavy atom. The van der Waals surface area contributed by atoms with Gasteiger partial charge >= 0.3 is 0 Å². The SMILES string of the molecule is Cc1ccc(CN(C(=O)Cc2ccc(N)cc2)C2CC2)o1. The van der Waals surface area contributed by atoms with E-state index in [2.05, 4.69) is 0 Å². The minimum absolute atomic E-state index is 0.149. The molecule has 0 saturated heterocycles. The summed E-state index contributed by atoms with van der Waals surface area (Å²) in [4.78, 5) is 14.5. The van der Waals surface area contributed by atoms with Crippen molar-refractivity contribution in [3.8, 4) is 0 Å². The van der Waals surface area contributed by atoms with E-state index >= 15 is 0 Å². The number of nitrogens with zero attached hydrogens (tertiary/aromatic N) is 1. The molecule has 1 saturated carbocycles. The molecule has 0 radical (unpaired) electrons. The van der Waals surface area contributed by atoms with E-state index < -0.39 is 0 Å². The van der Waals surface area contributed by atoms with E-state index in [-0.39, 0.29) is 5.91 Å². The lowest BCUT2D eigenvalue weighted by molar-refractivity contribution is -0.131. The maximum Gasteiger partial charge on any atom is 0.227 e. The van der Waals surface area contributed by atoms with E-state index in [1.54, 1.807) is 0 Å². The van der Waals surface area contributed by atoms with Gasteiger partial charge in [0.05, 0.1) is 13.0 Å². The fourth-order valence-corrected chi connectivity index (χ4v) is 2.46. The third kappa shape index (κ3) is 3.45. The Morgan fingerprint density at radius 2 is 1.95 bits per heavy atom. The third-order valence-corrected chi connectivity index (χ3v) is 3.77. The smallest absolute Gasteiger partial charge is 0.227 e. The highest BCUT2D eigenvalue weighted by Gasteiger charge is 2.32. The van der Waals surface area contributed by atoms with Gasteiger partial charge in [0.15, 0.2) is 0 Å². The number of carbonyl (C=O) groups excluding carboxylic acids is 1. The average molecular weight is 284 g/mol. The van der Waals surface area contributed by atoms with E-state index in [0.717, 1.165) is 35.6 Å². The molecule has 1 fully saturated rings. The van der Waals surface area contributed by atoms with Crippen LogP contribution >= 0.6 is 0 Å². The van der Waals surface area contributed by atoms with Gasteiger partial charge in [-0.2, -0.15) is 0 Å². The predicted octanol–water partition coefficient (Wildman–Crippen LogP) is 2.90. The summed E-state index contributed by atoms with van der Waals surface area (Å²) in [5, 5.41) is 0. The minimum atomic E-state index is 0.149. The van der Waals surface area contributed by atoms with Gasteiger partial charge in [0, 0.05) is 11.7 Å². The second kappa shape index (κ2) is 5.64. The Balaban J connectivity index is 1.68. The van der Waals surface area contributed by atoms with Crippen LogP contribution in [0.5, 0.6) is 0 Å². The zero-order valence-electron chi connectivity index (χ0n) is 12.2. The van der Waals surface area contributed by atoms with Crippen LogP contribution in [0.1, 0.15) is 29.9 Å². The highest BCUT2D eigenvalue weighted by molar-refractivity contribution is 5.79. The lowest BCUT2D eigenvalue weighted by Crippen LogP contribution is -2.33. The molecule has 4 heteroatoms. The van der Waals surface area contributed by atoms with Gasteiger partial charge in [0.1, 0.15) is 11.5 Å². The normalized spacial score (nSPS) is 14.1. The van der Waals surface area contributed by atoms with Crippen LogP contribution in [0.3, 0.4) is 0 Å². The van der Waals surface area contributed by atoms with Gasteiger partial charge in [-0.3, -0.25) is 4.79 Å². The molecule has 0 bridgehead atoms. The second-order valence-corrected chi connectivity index (χ2v) is 5.68. The van der Waals surface area contributed by atoms with E-state index in [0.29, 0.717) is 19.0 Å². The average Bonchev–Trinajstić information content (AvgIpc) is 3.21. The molecule has 2 N–H and O–H groups in total. The van der Waals surface area contributed by atoms with E-state index in [9.17, 15) is 4.79 Å². The van der Waals surface area contributed by atoms with E-state index in [4.69, 9.17) is 10.2 Å². The Bertz CT molecular complexity index is 626. The largest absolute Gasteiger partial charge is 0.464 e. The molecule has 0 atom stereocenters. The van der Waals surface area contributed by atoms with Crippen LogP contribution in [-0.2, 0) is 17.8 Å². The van der Waals surface area contributed by atoms with Gasteiger partial charge in [-0.15, -0.1) is 0 Å². The van der Waals surface area contributed by atoms with Crippen molar-refractivity contribution < 1.29 is 9.21 Å². The summed E-state index contributed by atoms with van der Waals surface area (Å²) < 4.78 is 5.60. The van der Waals surface area contributed by atoms with E-state index in [1.165, 1.54) is 0 Å². The fraction of sp³-hybridized carbons (Fsp3) is 0.353. The zero-order chi connectivity index (χ0) is 14.8. The molecule has 1 amide bonds. The van der Waals surface area contributed by atoms with Crippen molar-refractivity contribution in [3.05, 3.63) is 53.5 Å². The lowest BCUT2D eigenvalue weighted by Gasteiger charge is -2.21. The van der Waals surface area contributed by atoms with Crippen LogP contribution in [0.4, 0.5) is 5.69 Å². The van der Waals surface area contributed by atoms with Crippen molar-refractivity contribution in [2.24, 2.45) is 0 Å². The number of benzene rings is 1. The first-order valence-corrected chi connectivity index (χ1v) is 7.31. The molecule has 3 rings (SSSR count).